The van der Waals surface area contributed by atoms with Crippen LogP contribution in [0.15, 0.2) is 51.7 Å². The molecular weight excluding hydrogens is 380 g/mol. The van der Waals surface area contributed by atoms with E-state index in [2.05, 4.69) is 5.32 Å². The van der Waals surface area contributed by atoms with Crippen LogP contribution in [0.4, 0.5) is 5.69 Å². The number of hydrogen-bond donors (Lipinski definition) is 2. The van der Waals surface area contributed by atoms with Gasteiger partial charge in [-0.2, -0.15) is 0 Å². The summed E-state index contributed by atoms with van der Waals surface area (Å²) in [5, 5.41) is 14.1. The fraction of sp³-hybridized carbons (Fsp3) is 0.333. The fourth-order valence-corrected chi connectivity index (χ4v) is 3.99. The number of para-hydroxylation sites is 1. The van der Waals surface area contributed by atoms with E-state index in [0.717, 1.165) is 34.9 Å². The minimum atomic E-state index is -0.468. The molecule has 2 heterocycles. The smallest absolute Gasteiger partial charge is 0.336 e. The highest BCUT2D eigenvalue weighted by molar-refractivity contribution is 5.99. The van der Waals surface area contributed by atoms with Crippen LogP contribution < -0.4 is 10.9 Å². The van der Waals surface area contributed by atoms with Crippen molar-refractivity contribution in [3.63, 3.8) is 0 Å². The van der Waals surface area contributed by atoms with E-state index in [1.54, 1.807) is 11.0 Å². The molecular formula is C24H26N2O4. The quantitative estimate of drug-likeness (QED) is 0.647. The third kappa shape index (κ3) is 3.96. The average Bonchev–Trinajstić information content (AvgIpc) is 2.74. The Kier molecular flexibility index (Phi) is 5.59. The van der Waals surface area contributed by atoms with Crippen molar-refractivity contribution in [2.75, 3.05) is 18.4 Å². The number of rotatable bonds is 4. The Labute approximate surface area is 175 Å². The number of aryl methyl sites for hydroxylation is 2. The molecule has 1 saturated heterocycles. The van der Waals surface area contributed by atoms with Crippen LogP contribution in [0, 0.1) is 13.8 Å². The highest BCUT2D eigenvalue weighted by Gasteiger charge is 2.24. The standard InChI is InChI=1S/C24H26N2O4/c1-15-9-10-19-17(12-22(28)30-23(19)16(15)2)13-25-21-8-4-3-7-20(21)24(29)26-11-5-6-18(27)14-26/h3-4,7-10,12,18,25,27H,5-6,11,13-14H2,1-2H3. The maximum atomic E-state index is 13.0. The molecule has 1 amide bonds. The number of anilines is 1. The molecule has 0 radical (unpaired) electrons. The Morgan fingerprint density at radius 3 is 2.83 bits per heavy atom. The molecule has 6 heteroatoms. The van der Waals surface area contributed by atoms with Crippen molar-refractivity contribution < 1.29 is 14.3 Å². The van der Waals surface area contributed by atoms with Crippen LogP contribution in [0.3, 0.4) is 0 Å². The number of fused-ring (bicyclic) bond motifs is 1. The summed E-state index contributed by atoms with van der Waals surface area (Å²) in [6.45, 7) is 5.32. The molecule has 1 aliphatic rings. The molecule has 156 valence electrons. The van der Waals surface area contributed by atoms with E-state index in [0.29, 0.717) is 36.5 Å². The Bertz CT molecular complexity index is 1150. The summed E-state index contributed by atoms with van der Waals surface area (Å²) in [6.07, 6.45) is 1.06. The van der Waals surface area contributed by atoms with Crippen LogP contribution >= 0.6 is 0 Å². The highest BCUT2D eigenvalue weighted by Crippen LogP contribution is 2.25. The Morgan fingerprint density at radius 2 is 2.03 bits per heavy atom. The van der Waals surface area contributed by atoms with E-state index in [1.165, 1.54) is 6.07 Å². The molecule has 0 spiro atoms. The van der Waals surface area contributed by atoms with Crippen LogP contribution in [0.5, 0.6) is 0 Å². The monoisotopic (exact) mass is 406 g/mol. The van der Waals surface area contributed by atoms with Gasteiger partial charge in [0.15, 0.2) is 0 Å². The van der Waals surface area contributed by atoms with Crippen molar-refractivity contribution in [1.82, 2.24) is 4.90 Å². The first-order chi connectivity index (χ1) is 14.4. The first-order valence-electron chi connectivity index (χ1n) is 10.3. The van der Waals surface area contributed by atoms with Crippen molar-refractivity contribution in [3.05, 3.63) is 75.1 Å². The topological polar surface area (TPSA) is 82.8 Å². The van der Waals surface area contributed by atoms with E-state index >= 15 is 0 Å². The maximum Gasteiger partial charge on any atom is 0.336 e. The number of nitrogens with one attached hydrogen (secondary N) is 1. The van der Waals surface area contributed by atoms with Gasteiger partial charge in [0, 0.05) is 36.8 Å². The lowest BCUT2D eigenvalue weighted by molar-refractivity contribution is 0.0474. The van der Waals surface area contributed by atoms with Crippen molar-refractivity contribution in [1.29, 1.82) is 0 Å². The SMILES string of the molecule is Cc1ccc2c(CNc3ccccc3C(=O)N3CCCC(O)C3)cc(=O)oc2c1C. The number of β-amino-alcohol motifs (C(OH)–C–C–N with tert-alkyl or cyclic N) is 1. The van der Waals surface area contributed by atoms with Crippen LogP contribution in [0.2, 0.25) is 0 Å². The van der Waals surface area contributed by atoms with Gasteiger partial charge in [0.2, 0.25) is 0 Å². The Morgan fingerprint density at radius 1 is 1.23 bits per heavy atom. The van der Waals surface area contributed by atoms with Crippen LogP contribution in [0.25, 0.3) is 11.0 Å². The number of aliphatic hydroxyl groups excluding tert-OH is 1. The number of hydrogen-bond acceptors (Lipinski definition) is 5. The summed E-state index contributed by atoms with van der Waals surface area (Å²) in [4.78, 5) is 26.9. The number of piperidine rings is 1. The van der Waals surface area contributed by atoms with Crippen molar-refractivity contribution in [2.45, 2.75) is 39.3 Å². The molecule has 0 aliphatic carbocycles. The van der Waals surface area contributed by atoms with E-state index in [-0.39, 0.29) is 11.5 Å². The number of benzene rings is 2. The first-order valence-corrected chi connectivity index (χ1v) is 10.3. The summed E-state index contributed by atoms with van der Waals surface area (Å²) < 4.78 is 5.45. The van der Waals surface area contributed by atoms with Gasteiger partial charge in [0.25, 0.3) is 5.91 Å². The average molecular weight is 406 g/mol. The van der Waals surface area contributed by atoms with Gasteiger partial charge in [-0.05, 0) is 55.5 Å². The third-order valence-corrected chi connectivity index (χ3v) is 5.83. The van der Waals surface area contributed by atoms with Crippen molar-refractivity contribution >= 4 is 22.6 Å². The number of aliphatic hydroxyl groups is 1. The maximum absolute atomic E-state index is 13.0. The summed E-state index contributed by atoms with van der Waals surface area (Å²) in [5.74, 6) is -0.0965. The Balaban J connectivity index is 1.62. The molecule has 1 fully saturated rings. The normalized spacial score (nSPS) is 16.6. The van der Waals surface area contributed by atoms with Crippen molar-refractivity contribution in [3.8, 4) is 0 Å². The molecule has 3 aromatic rings. The number of nitrogens with zero attached hydrogens (tertiary/aromatic N) is 1. The zero-order valence-corrected chi connectivity index (χ0v) is 17.3. The van der Waals surface area contributed by atoms with Gasteiger partial charge in [0.1, 0.15) is 5.58 Å². The summed E-state index contributed by atoms with van der Waals surface area (Å²) in [6, 6.07) is 12.8. The second-order valence-corrected chi connectivity index (χ2v) is 7.92. The summed E-state index contributed by atoms with van der Waals surface area (Å²) in [7, 11) is 0. The van der Waals surface area contributed by atoms with E-state index < -0.39 is 6.10 Å². The molecule has 1 unspecified atom stereocenters. The summed E-state index contributed by atoms with van der Waals surface area (Å²) >= 11 is 0. The Hall–Kier alpha value is -3.12. The zero-order chi connectivity index (χ0) is 21.3. The molecule has 4 rings (SSSR count). The molecule has 1 atom stereocenters. The van der Waals surface area contributed by atoms with Gasteiger partial charge < -0.3 is 19.7 Å². The van der Waals surface area contributed by atoms with Crippen LogP contribution in [-0.2, 0) is 6.54 Å². The zero-order valence-electron chi connectivity index (χ0n) is 17.3. The molecule has 2 N–H and O–H groups in total. The molecule has 2 aromatic carbocycles. The highest BCUT2D eigenvalue weighted by atomic mass is 16.4. The lowest BCUT2D eigenvalue weighted by Gasteiger charge is -2.30. The van der Waals surface area contributed by atoms with Crippen LogP contribution in [0.1, 0.15) is 39.9 Å². The molecule has 1 aromatic heterocycles. The number of carbonyl (C=O) groups excluding carboxylic acids is 1. The second kappa shape index (κ2) is 8.32. The van der Waals surface area contributed by atoms with Gasteiger partial charge in [-0.1, -0.05) is 24.3 Å². The predicted octanol–water partition coefficient (Wildman–Crippen LogP) is 3.62. The second-order valence-electron chi connectivity index (χ2n) is 7.92. The van der Waals surface area contributed by atoms with Crippen molar-refractivity contribution in [2.24, 2.45) is 0 Å². The molecule has 6 nitrogen and oxygen atoms in total. The first kappa shape index (κ1) is 20.2. The number of amides is 1. The molecule has 1 aliphatic heterocycles. The van der Waals surface area contributed by atoms with E-state index in [1.807, 2.05) is 44.2 Å². The van der Waals surface area contributed by atoms with Gasteiger partial charge in [0.05, 0.1) is 11.7 Å². The summed E-state index contributed by atoms with van der Waals surface area (Å²) in [5.41, 5.74) is 4.31. The molecule has 0 bridgehead atoms. The molecule has 30 heavy (non-hydrogen) atoms. The van der Waals surface area contributed by atoms with Crippen LogP contribution in [-0.4, -0.2) is 35.1 Å². The largest absolute Gasteiger partial charge is 0.422 e. The van der Waals surface area contributed by atoms with E-state index in [4.69, 9.17) is 4.42 Å². The van der Waals surface area contributed by atoms with Gasteiger partial charge in [-0.15, -0.1) is 0 Å². The lowest BCUT2D eigenvalue weighted by atomic mass is 10.0. The lowest BCUT2D eigenvalue weighted by Crippen LogP contribution is -2.42. The minimum Gasteiger partial charge on any atom is -0.422 e. The van der Waals surface area contributed by atoms with Gasteiger partial charge in [-0.25, -0.2) is 4.79 Å². The number of likely N-dealkylation sites (tertiary alicyclic amines) is 1. The predicted molar refractivity (Wildman–Crippen MR) is 117 cm³/mol. The van der Waals surface area contributed by atoms with E-state index in [9.17, 15) is 14.7 Å². The van der Waals surface area contributed by atoms with Gasteiger partial charge in [-0.3, -0.25) is 4.79 Å². The number of carbonyl (C=O) groups is 1. The minimum absolute atomic E-state index is 0.0965. The molecule has 0 saturated carbocycles. The third-order valence-electron chi connectivity index (χ3n) is 5.83. The van der Waals surface area contributed by atoms with Gasteiger partial charge >= 0.3 is 5.63 Å². The fourth-order valence-electron chi connectivity index (χ4n) is 3.99.